The SMILES string of the molecule is O=C(C=Cc1ccc(Cl)cc1)NC[C@@H]1CCN(CC(c2ccccc2)c2ccccc2)C(=O)[C@H](CC2CCCCC2)N1. The molecule has 3 aromatic rings. The third kappa shape index (κ3) is 8.56. The van der Waals surface area contributed by atoms with Crippen LogP contribution < -0.4 is 10.6 Å². The van der Waals surface area contributed by atoms with Crippen LogP contribution >= 0.6 is 11.6 Å². The van der Waals surface area contributed by atoms with E-state index in [1.54, 1.807) is 12.2 Å². The predicted octanol–water partition coefficient (Wildman–Crippen LogP) is 6.83. The average molecular weight is 584 g/mol. The lowest BCUT2D eigenvalue weighted by Crippen LogP contribution is -2.50. The Morgan fingerprint density at radius 1 is 0.905 bits per heavy atom. The Kier molecular flexibility index (Phi) is 10.9. The fourth-order valence-electron chi connectivity index (χ4n) is 6.37. The second-order valence-corrected chi connectivity index (χ2v) is 12.2. The van der Waals surface area contributed by atoms with E-state index in [4.69, 9.17) is 11.6 Å². The largest absolute Gasteiger partial charge is 0.351 e. The first kappa shape index (κ1) is 30.1. The molecule has 0 radical (unpaired) electrons. The fraction of sp³-hybridized carbons (Fsp3) is 0.389. The maximum Gasteiger partial charge on any atom is 0.244 e. The highest BCUT2D eigenvalue weighted by Crippen LogP contribution is 2.30. The van der Waals surface area contributed by atoms with Gasteiger partial charge in [-0.05, 0) is 53.7 Å². The van der Waals surface area contributed by atoms with E-state index in [-0.39, 0.29) is 29.8 Å². The minimum absolute atomic E-state index is 0.0207. The van der Waals surface area contributed by atoms with Crippen LogP contribution in [-0.2, 0) is 9.59 Å². The zero-order valence-electron chi connectivity index (χ0n) is 24.3. The van der Waals surface area contributed by atoms with Gasteiger partial charge in [-0.15, -0.1) is 0 Å². The van der Waals surface area contributed by atoms with Crippen molar-refractivity contribution in [2.24, 2.45) is 5.92 Å². The van der Waals surface area contributed by atoms with Gasteiger partial charge in [0.1, 0.15) is 0 Å². The Hall–Kier alpha value is -3.41. The van der Waals surface area contributed by atoms with Crippen molar-refractivity contribution < 1.29 is 9.59 Å². The lowest BCUT2D eigenvalue weighted by atomic mass is 9.84. The summed E-state index contributed by atoms with van der Waals surface area (Å²) in [7, 11) is 0. The fourth-order valence-corrected chi connectivity index (χ4v) is 6.50. The maximum absolute atomic E-state index is 14.1. The van der Waals surface area contributed by atoms with Gasteiger partial charge >= 0.3 is 0 Å². The van der Waals surface area contributed by atoms with E-state index in [2.05, 4.69) is 64.1 Å². The minimum atomic E-state index is -0.241. The summed E-state index contributed by atoms with van der Waals surface area (Å²) in [5.41, 5.74) is 3.35. The van der Waals surface area contributed by atoms with Crippen LogP contribution in [0.5, 0.6) is 0 Å². The molecule has 3 aromatic carbocycles. The number of nitrogens with one attached hydrogen (secondary N) is 2. The highest BCUT2D eigenvalue weighted by atomic mass is 35.5. The Morgan fingerprint density at radius 3 is 2.19 bits per heavy atom. The first-order valence-electron chi connectivity index (χ1n) is 15.4. The normalized spacial score (nSPS) is 20.1. The van der Waals surface area contributed by atoms with E-state index in [1.807, 2.05) is 36.4 Å². The van der Waals surface area contributed by atoms with Crippen molar-refractivity contribution in [1.82, 2.24) is 15.5 Å². The van der Waals surface area contributed by atoms with E-state index in [0.29, 0.717) is 30.6 Å². The maximum atomic E-state index is 14.1. The number of hydrogen-bond acceptors (Lipinski definition) is 3. The van der Waals surface area contributed by atoms with Crippen LogP contribution in [0, 0.1) is 5.92 Å². The Labute approximate surface area is 255 Å². The van der Waals surface area contributed by atoms with Crippen LogP contribution in [0.15, 0.2) is 91.0 Å². The predicted molar refractivity (Wildman–Crippen MR) is 171 cm³/mol. The highest BCUT2D eigenvalue weighted by molar-refractivity contribution is 6.30. The number of hydrogen-bond donors (Lipinski definition) is 2. The van der Waals surface area contributed by atoms with Gasteiger partial charge in [-0.25, -0.2) is 0 Å². The van der Waals surface area contributed by atoms with Crippen LogP contribution in [-0.4, -0.2) is 48.4 Å². The molecule has 1 saturated heterocycles. The lowest BCUT2D eigenvalue weighted by Gasteiger charge is -2.31. The third-order valence-corrected chi connectivity index (χ3v) is 8.97. The Bertz CT molecular complexity index is 1270. The smallest absolute Gasteiger partial charge is 0.244 e. The van der Waals surface area contributed by atoms with E-state index in [0.717, 1.165) is 18.4 Å². The Morgan fingerprint density at radius 2 is 1.55 bits per heavy atom. The van der Waals surface area contributed by atoms with E-state index >= 15 is 0 Å². The van der Waals surface area contributed by atoms with Crippen LogP contribution in [0.2, 0.25) is 5.02 Å². The molecule has 1 heterocycles. The minimum Gasteiger partial charge on any atom is -0.351 e. The topological polar surface area (TPSA) is 61.4 Å². The summed E-state index contributed by atoms with van der Waals surface area (Å²) in [5.74, 6) is 0.711. The molecule has 5 rings (SSSR count). The molecular weight excluding hydrogens is 542 g/mol. The number of carbonyl (C=O) groups is 2. The molecule has 6 heteroatoms. The summed E-state index contributed by atoms with van der Waals surface area (Å²) in [6.07, 6.45) is 11.2. The summed E-state index contributed by atoms with van der Waals surface area (Å²) in [6.45, 7) is 1.77. The van der Waals surface area contributed by atoms with Gasteiger partial charge in [-0.2, -0.15) is 0 Å². The molecule has 1 aliphatic heterocycles. The van der Waals surface area contributed by atoms with Gasteiger partial charge in [-0.3, -0.25) is 9.59 Å². The molecule has 0 spiro atoms. The van der Waals surface area contributed by atoms with Crippen molar-refractivity contribution in [3.05, 3.63) is 113 Å². The second-order valence-electron chi connectivity index (χ2n) is 11.7. The van der Waals surface area contributed by atoms with E-state index in [9.17, 15) is 9.59 Å². The summed E-state index contributed by atoms with van der Waals surface area (Å²) < 4.78 is 0. The van der Waals surface area contributed by atoms with Crippen LogP contribution in [0.4, 0.5) is 0 Å². The number of halogens is 1. The summed E-state index contributed by atoms with van der Waals surface area (Å²) >= 11 is 5.97. The van der Waals surface area contributed by atoms with Gasteiger partial charge in [-0.1, -0.05) is 117 Å². The van der Waals surface area contributed by atoms with Crippen molar-refractivity contribution >= 4 is 29.5 Å². The number of benzene rings is 3. The molecule has 0 aromatic heterocycles. The number of nitrogens with zero attached hydrogens (tertiary/aromatic N) is 1. The van der Waals surface area contributed by atoms with Gasteiger partial charge in [0.05, 0.1) is 6.04 Å². The number of carbonyl (C=O) groups excluding carboxylic acids is 2. The standard InChI is InChI=1S/C36H42ClN3O2/c37-31-19-16-27(17-20-31)18-21-35(41)38-25-32-22-23-40(36(42)34(39-32)24-28-10-4-1-5-11-28)26-33(29-12-6-2-7-13-29)30-14-8-3-9-15-30/h2-3,6-9,12-21,28,32-34,39H,1,4-5,10-11,22-26H2,(H,38,41)/t32-,34-/m0/s1. The zero-order valence-corrected chi connectivity index (χ0v) is 25.0. The van der Waals surface area contributed by atoms with Gasteiger partial charge in [0.2, 0.25) is 11.8 Å². The third-order valence-electron chi connectivity index (χ3n) is 8.71. The second kappa shape index (κ2) is 15.2. The molecule has 1 saturated carbocycles. The molecule has 2 amide bonds. The van der Waals surface area contributed by atoms with Crippen LogP contribution in [0.25, 0.3) is 6.08 Å². The molecule has 1 aliphatic carbocycles. The van der Waals surface area contributed by atoms with Crippen molar-refractivity contribution in [3.63, 3.8) is 0 Å². The highest BCUT2D eigenvalue weighted by Gasteiger charge is 2.34. The Balaban J connectivity index is 1.29. The monoisotopic (exact) mass is 583 g/mol. The lowest BCUT2D eigenvalue weighted by molar-refractivity contribution is -0.133. The first-order valence-corrected chi connectivity index (χ1v) is 15.8. The molecule has 42 heavy (non-hydrogen) atoms. The van der Waals surface area contributed by atoms with Crippen LogP contribution in [0.3, 0.4) is 0 Å². The average Bonchev–Trinajstić information content (AvgIpc) is 3.17. The molecule has 220 valence electrons. The molecule has 0 unspecified atom stereocenters. The van der Waals surface area contributed by atoms with E-state index < -0.39 is 0 Å². The molecule has 2 atom stereocenters. The zero-order chi connectivity index (χ0) is 29.1. The van der Waals surface area contributed by atoms with E-state index in [1.165, 1.54) is 43.2 Å². The van der Waals surface area contributed by atoms with Crippen molar-refractivity contribution in [3.8, 4) is 0 Å². The molecular formula is C36H42ClN3O2. The number of rotatable bonds is 10. The molecule has 2 aliphatic rings. The summed E-state index contributed by atoms with van der Waals surface area (Å²) in [5, 5.41) is 7.42. The summed E-state index contributed by atoms with van der Waals surface area (Å²) in [6, 6.07) is 28.2. The number of amides is 2. The van der Waals surface area contributed by atoms with Gasteiger partial charge in [0, 0.05) is 42.7 Å². The molecule has 2 fully saturated rings. The first-order chi connectivity index (χ1) is 20.5. The van der Waals surface area contributed by atoms with Gasteiger partial charge in [0.15, 0.2) is 0 Å². The van der Waals surface area contributed by atoms with Gasteiger partial charge in [0.25, 0.3) is 0 Å². The van der Waals surface area contributed by atoms with Crippen molar-refractivity contribution in [2.45, 2.75) is 62.9 Å². The molecule has 5 nitrogen and oxygen atoms in total. The van der Waals surface area contributed by atoms with Crippen molar-refractivity contribution in [1.29, 1.82) is 0 Å². The molecule has 2 N–H and O–H groups in total. The van der Waals surface area contributed by atoms with Gasteiger partial charge < -0.3 is 15.5 Å². The van der Waals surface area contributed by atoms with Crippen LogP contribution in [0.1, 0.15) is 67.6 Å². The molecule has 0 bridgehead atoms. The quantitative estimate of drug-likeness (QED) is 0.257. The summed E-state index contributed by atoms with van der Waals surface area (Å²) in [4.78, 5) is 28.9. The van der Waals surface area contributed by atoms with Crippen molar-refractivity contribution in [2.75, 3.05) is 19.6 Å².